The monoisotopic (exact) mass is 369 g/mol. The fourth-order valence-corrected chi connectivity index (χ4v) is 4.34. The molecule has 2 aliphatic rings. The van der Waals surface area contributed by atoms with E-state index >= 15 is 0 Å². The number of carbonyl (C=O) groups excluding carboxylic acids is 1. The first kappa shape index (κ1) is 19.9. The minimum atomic E-state index is -0.145. The van der Waals surface area contributed by atoms with Gasteiger partial charge < -0.3 is 14.2 Å². The zero-order valence-corrected chi connectivity index (χ0v) is 16.1. The summed E-state index contributed by atoms with van der Waals surface area (Å²) in [6.07, 6.45) is 5.36. The van der Waals surface area contributed by atoms with E-state index in [0.29, 0.717) is 6.42 Å². The number of hydrogen-bond acceptors (Lipinski definition) is 5. The Bertz CT molecular complexity index is 614. The van der Waals surface area contributed by atoms with Crippen LogP contribution in [0.2, 0.25) is 0 Å². The lowest BCUT2D eigenvalue weighted by atomic mass is 9.73. The number of fused-ring (bicyclic) bond motifs is 2. The molecule has 140 valence electrons. The minimum absolute atomic E-state index is 0. The second-order valence-electron chi connectivity index (χ2n) is 6.89. The zero-order valence-electron chi connectivity index (χ0n) is 15.3. The topological polar surface area (TPSA) is 48.0 Å². The van der Waals surface area contributed by atoms with Crippen molar-refractivity contribution in [2.75, 3.05) is 34.4 Å². The van der Waals surface area contributed by atoms with Crippen LogP contribution in [0.5, 0.6) is 11.5 Å². The van der Waals surface area contributed by atoms with Crippen LogP contribution < -0.4 is 9.47 Å². The first-order valence-electron chi connectivity index (χ1n) is 8.66. The predicted molar refractivity (Wildman–Crippen MR) is 98.9 cm³/mol. The molecule has 0 radical (unpaired) electrons. The van der Waals surface area contributed by atoms with Crippen molar-refractivity contribution in [1.29, 1.82) is 0 Å². The Kier molecular flexibility index (Phi) is 6.58. The quantitative estimate of drug-likeness (QED) is 0.745. The van der Waals surface area contributed by atoms with Crippen molar-refractivity contribution in [2.45, 2.75) is 44.1 Å². The van der Waals surface area contributed by atoms with Crippen LogP contribution in [0.4, 0.5) is 0 Å². The molecule has 0 atom stereocenters. The summed E-state index contributed by atoms with van der Waals surface area (Å²) in [5, 5.41) is 0. The van der Waals surface area contributed by atoms with Crippen molar-refractivity contribution in [3.63, 3.8) is 0 Å². The van der Waals surface area contributed by atoms with E-state index in [2.05, 4.69) is 17.0 Å². The number of esters is 1. The summed E-state index contributed by atoms with van der Waals surface area (Å²) >= 11 is 0. The van der Waals surface area contributed by atoms with Crippen molar-refractivity contribution in [2.24, 2.45) is 0 Å². The van der Waals surface area contributed by atoms with E-state index in [0.717, 1.165) is 31.1 Å². The predicted octanol–water partition coefficient (Wildman–Crippen LogP) is 3.32. The van der Waals surface area contributed by atoms with Gasteiger partial charge in [0.25, 0.3) is 0 Å². The molecule has 3 rings (SSSR count). The molecule has 1 aliphatic heterocycles. The van der Waals surface area contributed by atoms with E-state index < -0.39 is 0 Å². The van der Waals surface area contributed by atoms with Crippen molar-refractivity contribution in [3.05, 3.63) is 23.3 Å². The lowest BCUT2D eigenvalue weighted by Crippen LogP contribution is -2.44. The van der Waals surface area contributed by atoms with Crippen molar-refractivity contribution >= 4 is 18.4 Å². The molecule has 0 bridgehead atoms. The number of benzene rings is 1. The highest BCUT2D eigenvalue weighted by atomic mass is 35.5. The summed E-state index contributed by atoms with van der Waals surface area (Å²) < 4.78 is 15.8. The van der Waals surface area contributed by atoms with Crippen molar-refractivity contribution < 1.29 is 19.0 Å². The summed E-state index contributed by atoms with van der Waals surface area (Å²) in [5.74, 6) is 1.44. The van der Waals surface area contributed by atoms with Gasteiger partial charge in [0.15, 0.2) is 11.5 Å². The van der Waals surface area contributed by atoms with Gasteiger partial charge in [-0.2, -0.15) is 0 Å². The maximum atomic E-state index is 11.5. The number of carbonyl (C=O) groups is 1. The Morgan fingerprint density at radius 2 is 1.76 bits per heavy atom. The molecule has 6 heteroatoms. The maximum absolute atomic E-state index is 11.5. The molecule has 1 aromatic rings. The lowest BCUT2D eigenvalue weighted by molar-refractivity contribution is -0.141. The van der Waals surface area contributed by atoms with Gasteiger partial charge in [0.2, 0.25) is 0 Å². The van der Waals surface area contributed by atoms with Crippen LogP contribution in [0, 0.1) is 0 Å². The molecule has 25 heavy (non-hydrogen) atoms. The summed E-state index contributed by atoms with van der Waals surface area (Å²) in [6.45, 7) is 2.59. The summed E-state index contributed by atoms with van der Waals surface area (Å²) in [6, 6.07) is 4.29. The highest BCUT2D eigenvalue weighted by molar-refractivity contribution is 5.85. The first-order chi connectivity index (χ1) is 11.6. The molecule has 1 aliphatic carbocycles. The molecule has 0 N–H and O–H groups in total. The van der Waals surface area contributed by atoms with E-state index in [-0.39, 0.29) is 23.8 Å². The Morgan fingerprint density at radius 1 is 1.12 bits per heavy atom. The van der Waals surface area contributed by atoms with Gasteiger partial charge in [0.1, 0.15) is 0 Å². The fraction of sp³-hybridized carbons (Fsp3) is 0.632. The first-order valence-corrected chi connectivity index (χ1v) is 8.66. The van der Waals surface area contributed by atoms with E-state index in [4.69, 9.17) is 14.2 Å². The molecule has 1 saturated carbocycles. The van der Waals surface area contributed by atoms with Crippen molar-refractivity contribution in [3.8, 4) is 11.5 Å². The molecule has 0 aromatic heterocycles. The highest BCUT2D eigenvalue weighted by Crippen LogP contribution is 2.48. The van der Waals surface area contributed by atoms with Crippen LogP contribution in [-0.4, -0.2) is 45.3 Å². The van der Waals surface area contributed by atoms with Gasteiger partial charge in [0.05, 0.1) is 27.8 Å². The average molecular weight is 370 g/mol. The number of nitrogens with zero attached hydrogens (tertiary/aromatic N) is 1. The third kappa shape index (κ3) is 3.87. The van der Waals surface area contributed by atoms with Crippen LogP contribution in [0.1, 0.15) is 43.2 Å². The molecule has 1 aromatic carbocycles. The number of halogens is 1. The normalized spacial score (nSPS) is 18.4. The lowest BCUT2D eigenvalue weighted by Gasteiger charge is -2.42. The van der Waals surface area contributed by atoms with Crippen LogP contribution in [-0.2, 0) is 21.5 Å². The molecule has 1 fully saturated rings. The fourth-order valence-electron chi connectivity index (χ4n) is 4.34. The van der Waals surface area contributed by atoms with Gasteiger partial charge in [-0.25, -0.2) is 0 Å². The van der Waals surface area contributed by atoms with Gasteiger partial charge >= 0.3 is 5.97 Å². The smallest absolute Gasteiger partial charge is 0.306 e. The van der Waals surface area contributed by atoms with E-state index in [1.807, 2.05) is 0 Å². The Morgan fingerprint density at radius 3 is 2.36 bits per heavy atom. The average Bonchev–Trinajstić information content (AvgIpc) is 3.07. The molecule has 1 heterocycles. The van der Waals surface area contributed by atoms with Gasteiger partial charge in [0, 0.05) is 25.0 Å². The second-order valence-corrected chi connectivity index (χ2v) is 6.89. The van der Waals surface area contributed by atoms with E-state index in [1.165, 1.54) is 43.9 Å². The van der Waals surface area contributed by atoms with Gasteiger partial charge in [-0.05, 0) is 36.1 Å². The molecular formula is C19H28ClNO4. The SMILES string of the molecule is COC(=O)CCN1Cc2cc(OC)c(OC)cc2C2(CCCC2)C1.Cl. The Hall–Kier alpha value is -1.46. The van der Waals surface area contributed by atoms with E-state index in [1.54, 1.807) is 14.2 Å². The Balaban J connectivity index is 0.00000225. The summed E-state index contributed by atoms with van der Waals surface area (Å²) in [4.78, 5) is 13.9. The second kappa shape index (κ2) is 8.28. The van der Waals surface area contributed by atoms with Gasteiger partial charge in [-0.15, -0.1) is 12.4 Å². The van der Waals surface area contributed by atoms with Crippen molar-refractivity contribution in [1.82, 2.24) is 4.90 Å². The largest absolute Gasteiger partial charge is 0.493 e. The number of rotatable bonds is 5. The molecule has 5 nitrogen and oxygen atoms in total. The third-order valence-electron chi connectivity index (χ3n) is 5.52. The van der Waals surface area contributed by atoms with Gasteiger partial charge in [-0.1, -0.05) is 12.8 Å². The number of ether oxygens (including phenoxy) is 3. The van der Waals surface area contributed by atoms with Crippen LogP contribution in [0.3, 0.4) is 0 Å². The van der Waals surface area contributed by atoms with Crippen LogP contribution >= 0.6 is 12.4 Å². The maximum Gasteiger partial charge on any atom is 0.306 e. The number of hydrogen-bond donors (Lipinski definition) is 0. The highest BCUT2D eigenvalue weighted by Gasteiger charge is 2.42. The molecule has 0 saturated heterocycles. The Labute approximate surface area is 156 Å². The zero-order chi connectivity index (χ0) is 17.2. The van der Waals surface area contributed by atoms with Crippen LogP contribution in [0.15, 0.2) is 12.1 Å². The molecule has 0 unspecified atom stereocenters. The standard InChI is InChI=1S/C19H27NO4.ClH/c1-22-16-10-14-12-20(9-6-18(21)24-3)13-19(7-4-5-8-19)15(14)11-17(16)23-2;/h10-11H,4-9,12-13H2,1-3H3;1H. The summed E-state index contributed by atoms with van der Waals surface area (Å²) in [7, 11) is 4.81. The third-order valence-corrected chi connectivity index (χ3v) is 5.52. The van der Waals surface area contributed by atoms with Crippen LogP contribution in [0.25, 0.3) is 0 Å². The van der Waals surface area contributed by atoms with E-state index in [9.17, 15) is 4.79 Å². The number of methoxy groups -OCH3 is 3. The van der Waals surface area contributed by atoms with Gasteiger partial charge in [-0.3, -0.25) is 9.69 Å². The molecule has 0 amide bonds. The summed E-state index contributed by atoms with van der Waals surface area (Å²) in [5.41, 5.74) is 2.89. The minimum Gasteiger partial charge on any atom is -0.493 e. The molecule has 1 spiro atoms. The molecular weight excluding hydrogens is 342 g/mol.